The Labute approximate surface area is 183 Å². The van der Waals surface area contributed by atoms with Crippen molar-refractivity contribution in [1.82, 2.24) is 29.9 Å². The number of fused-ring (bicyclic) bond motifs is 1. The van der Waals surface area contributed by atoms with Crippen molar-refractivity contribution in [2.24, 2.45) is 0 Å². The first-order chi connectivity index (χ1) is 15.1. The van der Waals surface area contributed by atoms with E-state index in [1.807, 2.05) is 30.3 Å². The third-order valence-electron chi connectivity index (χ3n) is 4.44. The summed E-state index contributed by atoms with van der Waals surface area (Å²) < 4.78 is 20.5. The number of hydrogen-bond donors (Lipinski definition) is 1. The molecule has 0 amide bonds. The fourth-order valence-corrected chi connectivity index (χ4v) is 3.93. The highest BCUT2D eigenvalue weighted by molar-refractivity contribution is 7.98. The molecule has 0 fully saturated rings. The van der Waals surface area contributed by atoms with E-state index in [9.17, 15) is 9.18 Å². The molecule has 0 aliphatic heterocycles. The van der Waals surface area contributed by atoms with Crippen molar-refractivity contribution in [3.8, 4) is 17.1 Å². The van der Waals surface area contributed by atoms with E-state index in [-0.39, 0.29) is 22.2 Å². The fourth-order valence-electron chi connectivity index (χ4n) is 2.97. The molecule has 5 aromatic rings. The maximum atomic E-state index is 13.7. The molecule has 8 nitrogen and oxygen atoms in total. The van der Waals surface area contributed by atoms with Crippen LogP contribution < -0.4 is 5.56 Å². The van der Waals surface area contributed by atoms with Gasteiger partial charge in [-0.3, -0.25) is 14.5 Å². The van der Waals surface area contributed by atoms with Gasteiger partial charge < -0.3 is 4.52 Å². The first kappa shape index (κ1) is 19.5. The number of benzene rings is 2. The number of hydrogen-bond acceptors (Lipinski definition) is 7. The normalized spacial score (nSPS) is 11.3. The van der Waals surface area contributed by atoms with Gasteiger partial charge >= 0.3 is 0 Å². The Morgan fingerprint density at radius 2 is 2.00 bits per heavy atom. The summed E-state index contributed by atoms with van der Waals surface area (Å²) in [6.45, 7) is 0. The molecule has 0 unspecified atom stereocenters. The van der Waals surface area contributed by atoms with Crippen LogP contribution in [0.1, 0.15) is 5.89 Å². The molecule has 3 aromatic heterocycles. The third kappa shape index (κ3) is 3.71. The van der Waals surface area contributed by atoms with E-state index in [4.69, 9.17) is 16.1 Å². The Morgan fingerprint density at radius 1 is 1.16 bits per heavy atom. The van der Waals surface area contributed by atoms with Gasteiger partial charge in [0.15, 0.2) is 10.8 Å². The zero-order valence-corrected chi connectivity index (χ0v) is 17.2. The predicted molar refractivity (Wildman–Crippen MR) is 114 cm³/mol. The molecule has 5 rings (SSSR count). The van der Waals surface area contributed by atoms with Crippen molar-refractivity contribution in [3.63, 3.8) is 0 Å². The quantitative estimate of drug-likeness (QED) is 0.313. The van der Waals surface area contributed by atoms with Gasteiger partial charge in [0.2, 0.25) is 11.7 Å². The first-order valence-corrected chi connectivity index (χ1v) is 10.4. The number of nitrogens with one attached hydrogen (secondary N) is 1. The van der Waals surface area contributed by atoms with Crippen molar-refractivity contribution in [2.75, 3.05) is 0 Å². The molecule has 0 spiro atoms. The van der Waals surface area contributed by atoms with Gasteiger partial charge in [-0.05, 0) is 30.3 Å². The van der Waals surface area contributed by atoms with E-state index in [1.54, 1.807) is 6.07 Å². The summed E-state index contributed by atoms with van der Waals surface area (Å²) in [5.41, 5.74) is 1.27. The van der Waals surface area contributed by atoms with E-state index in [0.717, 1.165) is 0 Å². The minimum absolute atomic E-state index is 0.0159. The lowest BCUT2D eigenvalue weighted by Crippen LogP contribution is -2.21. The topological polar surface area (TPSA) is 102 Å². The highest BCUT2D eigenvalue weighted by atomic mass is 35.5. The average Bonchev–Trinajstić information content (AvgIpc) is 3.45. The molecular weight excluding hydrogens is 443 g/mol. The minimum atomic E-state index is -0.566. The molecule has 11 heteroatoms. The molecule has 0 bridgehead atoms. The maximum Gasteiger partial charge on any atom is 0.269 e. The summed E-state index contributed by atoms with van der Waals surface area (Å²) in [6.07, 6.45) is 1.45. The van der Waals surface area contributed by atoms with Gasteiger partial charge in [-0.15, -0.1) is 0 Å². The molecule has 2 aromatic carbocycles. The molecular formula is C20H12ClFN6O2S. The van der Waals surface area contributed by atoms with Gasteiger partial charge in [-0.2, -0.15) is 10.1 Å². The number of thioether (sulfide) groups is 1. The first-order valence-electron chi connectivity index (χ1n) is 9.02. The van der Waals surface area contributed by atoms with Crippen LogP contribution in [0.3, 0.4) is 0 Å². The highest BCUT2D eigenvalue weighted by Crippen LogP contribution is 2.26. The Morgan fingerprint density at radius 3 is 2.81 bits per heavy atom. The summed E-state index contributed by atoms with van der Waals surface area (Å²) in [7, 11) is 0. The molecule has 1 N–H and O–H groups in total. The van der Waals surface area contributed by atoms with Crippen LogP contribution in [-0.2, 0) is 5.75 Å². The van der Waals surface area contributed by atoms with Crippen LogP contribution in [0.15, 0.2) is 69.2 Å². The van der Waals surface area contributed by atoms with Crippen LogP contribution in [0, 0.1) is 5.82 Å². The van der Waals surface area contributed by atoms with Crippen LogP contribution in [-0.4, -0.2) is 29.9 Å². The standard InChI is InChI=1S/C20H12ClFN6O2S/c21-14-7-6-11(8-15(14)22)17-24-16(30-27-17)10-31-20-25-18-13(9-23-26-18)19(29)28(20)12-4-2-1-3-5-12/h1-9H,10H2,(H,23,26). The number of aromatic nitrogens is 6. The van der Waals surface area contributed by atoms with Gasteiger partial charge in [0, 0.05) is 5.56 Å². The summed E-state index contributed by atoms with van der Waals surface area (Å²) in [4.78, 5) is 21.8. The Kier molecular flexibility index (Phi) is 5.00. The second-order valence-corrected chi connectivity index (χ2v) is 7.78. The number of rotatable bonds is 5. The SMILES string of the molecule is O=c1c2cn[nH]c2nc(SCc2nc(-c3ccc(Cl)c(F)c3)no2)n1-c1ccccc1. The molecule has 0 saturated carbocycles. The summed E-state index contributed by atoms with van der Waals surface area (Å²) in [5.74, 6) is 0.225. The Hall–Kier alpha value is -3.50. The van der Waals surface area contributed by atoms with Crippen molar-refractivity contribution >= 4 is 34.4 Å². The number of H-pyrrole nitrogens is 1. The third-order valence-corrected chi connectivity index (χ3v) is 5.67. The van der Waals surface area contributed by atoms with Crippen molar-refractivity contribution in [3.05, 3.63) is 81.8 Å². The molecule has 0 saturated heterocycles. The molecule has 0 atom stereocenters. The smallest absolute Gasteiger partial charge is 0.269 e. The van der Waals surface area contributed by atoms with Crippen molar-refractivity contribution < 1.29 is 8.91 Å². The van der Waals surface area contributed by atoms with Crippen LogP contribution in [0.25, 0.3) is 28.1 Å². The van der Waals surface area contributed by atoms with E-state index < -0.39 is 5.82 Å². The molecule has 3 heterocycles. The van der Waals surface area contributed by atoms with Crippen molar-refractivity contribution in [1.29, 1.82) is 0 Å². The molecule has 31 heavy (non-hydrogen) atoms. The molecule has 0 aliphatic carbocycles. The fraction of sp³-hybridized carbons (Fsp3) is 0.0500. The second kappa shape index (κ2) is 7.97. The highest BCUT2D eigenvalue weighted by Gasteiger charge is 2.17. The maximum absolute atomic E-state index is 13.7. The number of halogens is 2. The van der Waals surface area contributed by atoms with E-state index >= 15 is 0 Å². The van der Waals surface area contributed by atoms with E-state index in [0.29, 0.717) is 33.3 Å². The lowest BCUT2D eigenvalue weighted by Gasteiger charge is -2.10. The van der Waals surface area contributed by atoms with Crippen LogP contribution >= 0.6 is 23.4 Å². The average molecular weight is 455 g/mol. The van der Waals surface area contributed by atoms with Gasteiger partial charge in [0.05, 0.1) is 22.7 Å². The summed E-state index contributed by atoms with van der Waals surface area (Å²) in [6, 6.07) is 13.5. The monoisotopic (exact) mass is 454 g/mol. The van der Waals surface area contributed by atoms with E-state index in [1.165, 1.54) is 34.7 Å². The van der Waals surface area contributed by atoms with Gasteiger partial charge in [-0.25, -0.2) is 9.37 Å². The number of para-hydroxylation sites is 1. The van der Waals surface area contributed by atoms with Gasteiger partial charge in [0.1, 0.15) is 11.2 Å². The van der Waals surface area contributed by atoms with Crippen LogP contribution in [0.2, 0.25) is 5.02 Å². The van der Waals surface area contributed by atoms with Crippen molar-refractivity contribution in [2.45, 2.75) is 10.9 Å². The zero-order valence-electron chi connectivity index (χ0n) is 15.6. The predicted octanol–water partition coefficient (Wildman–Crippen LogP) is 4.24. The molecule has 0 aliphatic rings. The Bertz CT molecular complexity index is 1450. The number of aromatic amines is 1. The summed E-state index contributed by atoms with van der Waals surface area (Å²) >= 11 is 6.97. The van der Waals surface area contributed by atoms with Gasteiger partial charge in [0.25, 0.3) is 5.56 Å². The van der Waals surface area contributed by atoms with E-state index in [2.05, 4.69) is 25.3 Å². The molecule has 0 radical (unpaired) electrons. The minimum Gasteiger partial charge on any atom is -0.338 e. The number of nitrogens with zero attached hydrogens (tertiary/aromatic N) is 5. The molecule has 154 valence electrons. The van der Waals surface area contributed by atoms with Gasteiger partial charge in [-0.1, -0.05) is 46.7 Å². The van der Waals surface area contributed by atoms with Crippen LogP contribution in [0.5, 0.6) is 0 Å². The largest absolute Gasteiger partial charge is 0.338 e. The lowest BCUT2D eigenvalue weighted by atomic mass is 10.2. The summed E-state index contributed by atoms with van der Waals surface area (Å²) in [5, 5.41) is 11.4. The van der Waals surface area contributed by atoms with Crippen LogP contribution in [0.4, 0.5) is 4.39 Å². The zero-order chi connectivity index (χ0) is 21.4. The second-order valence-electron chi connectivity index (χ2n) is 6.43. The Balaban J connectivity index is 1.47. The lowest BCUT2D eigenvalue weighted by molar-refractivity contribution is 0.391.